The number of piperidine rings is 1. The molecule has 0 unspecified atom stereocenters. The molecule has 6 N–H and O–H groups in total. The minimum absolute atomic E-state index is 0.0451. The predicted octanol–water partition coefficient (Wildman–Crippen LogP) is -0.950. The first-order valence-corrected chi connectivity index (χ1v) is 6.06. The molecular formula is C12H20N6O. The van der Waals surface area contributed by atoms with E-state index in [-0.39, 0.29) is 11.4 Å². The zero-order valence-electron chi connectivity index (χ0n) is 11.1. The molecule has 1 fully saturated rings. The van der Waals surface area contributed by atoms with Gasteiger partial charge in [-0.25, -0.2) is 0 Å². The number of hydrogen-bond donors (Lipinski definition) is 3. The summed E-state index contributed by atoms with van der Waals surface area (Å²) in [5, 5.41) is 8.93. The SMILES string of the molecule is CN1CCC(CC#N)(N=CC(N)=C(N)C(N)=O)CC1. The zero-order chi connectivity index (χ0) is 14.5. The Morgan fingerprint density at radius 1 is 1.42 bits per heavy atom. The Hall–Kier alpha value is -2.07. The van der Waals surface area contributed by atoms with Crippen LogP contribution in [-0.4, -0.2) is 42.7 Å². The largest absolute Gasteiger partial charge is 0.396 e. The number of carbonyl (C=O) groups is 1. The van der Waals surface area contributed by atoms with Gasteiger partial charge < -0.3 is 22.1 Å². The van der Waals surface area contributed by atoms with Crippen molar-refractivity contribution in [2.75, 3.05) is 20.1 Å². The monoisotopic (exact) mass is 264 g/mol. The van der Waals surface area contributed by atoms with E-state index in [1.807, 2.05) is 7.05 Å². The van der Waals surface area contributed by atoms with Gasteiger partial charge in [-0.3, -0.25) is 9.79 Å². The molecule has 0 bridgehead atoms. The van der Waals surface area contributed by atoms with E-state index in [9.17, 15) is 4.79 Å². The van der Waals surface area contributed by atoms with Gasteiger partial charge in [-0.15, -0.1) is 0 Å². The molecule has 19 heavy (non-hydrogen) atoms. The molecule has 1 aliphatic rings. The highest BCUT2D eigenvalue weighted by atomic mass is 16.1. The molecule has 7 heteroatoms. The van der Waals surface area contributed by atoms with E-state index in [0.717, 1.165) is 25.9 Å². The van der Waals surface area contributed by atoms with Crippen molar-refractivity contribution in [3.63, 3.8) is 0 Å². The third-order valence-electron chi connectivity index (χ3n) is 3.38. The number of primary amides is 1. The maximum Gasteiger partial charge on any atom is 0.266 e. The van der Waals surface area contributed by atoms with Crippen molar-refractivity contribution < 1.29 is 4.79 Å². The van der Waals surface area contributed by atoms with E-state index in [0.29, 0.717) is 6.42 Å². The third-order valence-corrected chi connectivity index (χ3v) is 3.38. The van der Waals surface area contributed by atoms with Crippen LogP contribution in [0.4, 0.5) is 0 Å². The summed E-state index contributed by atoms with van der Waals surface area (Å²) in [4.78, 5) is 17.5. The first-order chi connectivity index (χ1) is 8.90. The molecule has 7 nitrogen and oxygen atoms in total. The molecular weight excluding hydrogens is 244 g/mol. The lowest BCUT2D eigenvalue weighted by Gasteiger charge is -2.36. The maximum absolute atomic E-state index is 10.9. The van der Waals surface area contributed by atoms with Crippen molar-refractivity contribution in [3.05, 3.63) is 11.4 Å². The van der Waals surface area contributed by atoms with E-state index >= 15 is 0 Å². The number of amides is 1. The molecule has 0 atom stereocenters. The summed E-state index contributed by atoms with van der Waals surface area (Å²) in [6.45, 7) is 1.74. The van der Waals surface area contributed by atoms with Crippen LogP contribution in [0.15, 0.2) is 16.4 Å². The van der Waals surface area contributed by atoms with Crippen LogP contribution in [0.5, 0.6) is 0 Å². The van der Waals surface area contributed by atoms with Gasteiger partial charge in [0.2, 0.25) is 0 Å². The number of hydrogen-bond acceptors (Lipinski definition) is 6. The van der Waals surface area contributed by atoms with Crippen LogP contribution in [0.3, 0.4) is 0 Å². The van der Waals surface area contributed by atoms with Crippen LogP contribution in [0.2, 0.25) is 0 Å². The summed E-state index contributed by atoms with van der Waals surface area (Å²) in [5.74, 6) is -0.776. The second kappa shape index (κ2) is 6.20. The number of likely N-dealkylation sites (tertiary alicyclic amines) is 1. The van der Waals surface area contributed by atoms with E-state index < -0.39 is 11.4 Å². The van der Waals surface area contributed by atoms with Gasteiger partial charge in [-0.2, -0.15) is 5.26 Å². The van der Waals surface area contributed by atoms with Gasteiger partial charge >= 0.3 is 0 Å². The average molecular weight is 264 g/mol. The van der Waals surface area contributed by atoms with Crippen molar-refractivity contribution in [2.45, 2.75) is 24.8 Å². The lowest BCUT2D eigenvalue weighted by Crippen LogP contribution is -2.41. The Morgan fingerprint density at radius 3 is 2.47 bits per heavy atom. The molecule has 1 saturated heterocycles. The summed E-state index contributed by atoms with van der Waals surface area (Å²) in [7, 11) is 2.03. The molecule has 0 radical (unpaired) electrons. The van der Waals surface area contributed by atoms with Gasteiger partial charge in [0.1, 0.15) is 5.70 Å². The quantitative estimate of drug-likeness (QED) is 0.444. The summed E-state index contributed by atoms with van der Waals surface area (Å²) in [6, 6.07) is 2.16. The van der Waals surface area contributed by atoms with Crippen molar-refractivity contribution in [1.82, 2.24) is 4.90 Å². The fourth-order valence-corrected chi connectivity index (χ4v) is 1.95. The Balaban J connectivity index is 2.88. The predicted molar refractivity (Wildman–Crippen MR) is 72.8 cm³/mol. The van der Waals surface area contributed by atoms with Crippen molar-refractivity contribution >= 4 is 12.1 Å². The van der Waals surface area contributed by atoms with Crippen LogP contribution in [0.25, 0.3) is 0 Å². The first-order valence-electron chi connectivity index (χ1n) is 6.06. The van der Waals surface area contributed by atoms with Gasteiger partial charge in [-0.1, -0.05) is 0 Å². The second-order valence-corrected chi connectivity index (χ2v) is 4.85. The number of aliphatic imine (C=N–C) groups is 1. The highest BCUT2D eigenvalue weighted by Gasteiger charge is 2.32. The molecule has 0 spiro atoms. The Morgan fingerprint density at radius 2 is 2.00 bits per heavy atom. The smallest absolute Gasteiger partial charge is 0.266 e. The third kappa shape index (κ3) is 3.96. The fraction of sp³-hybridized carbons (Fsp3) is 0.583. The maximum atomic E-state index is 10.9. The Labute approximate surface area is 112 Å². The van der Waals surface area contributed by atoms with Gasteiger partial charge in [0.25, 0.3) is 5.91 Å². The van der Waals surface area contributed by atoms with Gasteiger partial charge in [-0.05, 0) is 19.9 Å². The Bertz CT molecular complexity index is 440. The summed E-state index contributed by atoms with van der Waals surface area (Å²) >= 11 is 0. The molecule has 0 aliphatic carbocycles. The normalized spacial score (nSPS) is 20.8. The van der Waals surface area contributed by atoms with Crippen LogP contribution < -0.4 is 17.2 Å². The minimum atomic E-state index is -0.776. The topological polar surface area (TPSA) is 135 Å². The number of nitriles is 1. The molecule has 0 aromatic rings. The highest BCUT2D eigenvalue weighted by molar-refractivity contribution is 5.97. The molecule has 1 heterocycles. The van der Waals surface area contributed by atoms with Crippen LogP contribution in [0.1, 0.15) is 19.3 Å². The standard InChI is InChI=1S/C12H20N6O/c1-18-6-3-12(2-5-13,4-7-18)17-8-9(14)10(15)11(16)19/h8H,2-4,6-7,14-15H2,1H3,(H2,16,19). The number of rotatable bonds is 4. The van der Waals surface area contributed by atoms with E-state index in [2.05, 4.69) is 16.0 Å². The van der Waals surface area contributed by atoms with E-state index in [1.54, 1.807) is 0 Å². The molecule has 1 rings (SSSR count). The molecule has 0 aromatic heterocycles. The molecule has 0 aromatic carbocycles. The molecule has 0 saturated carbocycles. The van der Waals surface area contributed by atoms with Gasteiger partial charge in [0.05, 0.1) is 23.7 Å². The summed E-state index contributed by atoms with van der Waals surface area (Å²) in [6.07, 6.45) is 3.22. The van der Waals surface area contributed by atoms with Crippen molar-refractivity contribution in [1.29, 1.82) is 5.26 Å². The summed E-state index contributed by atoms with van der Waals surface area (Å²) in [5.41, 5.74) is 15.5. The Kier molecular flexibility index (Phi) is 4.89. The van der Waals surface area contributed by atoms with Gasteiger partial charge in [0, 0.05) is 19.3 Å². The fourth-order valence-electron chi connectivity index (χ4n) is 1.95. The zero-order valence-corrected chi connectivity index (χ0v) is 11.1. The summed E-state index contributed by atoms with van der Waals surface area (Å²) < 4.78 is 0. The van der Waals surface area contributed by atoms with Crippen molar-refractivity contribution in [2.24, 2.45) is 22.2 Å². The number of carbonyl (C=O) groups excluding carboxylic acids is 1. The molecule has 1 aliphatic heterocycles. The van der Waals surface area contributed by atoms with Gasteiger partial charge in [0.15, 0.2) is 0 Å². The van der Waals surface area contributed by atoms with E-state index in [4.69, 9.17) is 22.5 Å². The highest BCUT2D eigenvalue weighted by Crippen LogP contribution is 2.29. The van der Waals surface area contributed by atoms with Crippen LogP contribution in [0, 0.1) is 11.3 Å². The molecule has 104 valence electrons. The lowest BCUT2D eigenvalue weighted by atomic mass is 9.85. The van der Waals surface area contributed by atoms with E-state index in [1.165, 1.54) is 6.21 Å². The van der Waals surface area contributed by atoms with Crippen LogP contribution >= 0.6 is 0 Å². The minimum Gasteiger partial charge on any atom is -0.396 e. The first kappa shape index (κ1) is 15.0. The number of nitrogens with two attached hydrogens (primary N) is 3. The lowest BCUT2D eigenvalue weighted by molar-refractivity contribution is -0.114. The number of nitrogens with zero attached hydrogens (tertiary/aromatic N) is 3. The van der Waals surface area contributed by atoms with Crippen LogP contribution in [-0.2, 0) is 4.79 Å². The second-order valence-electron chi connectivity index (χ2n) is 4.85. The molecule has 1 amide bonds. The average Bonchev–Trinajstić information content (AvgIpc) is 2.38. The number of allylic oxidation sites excluding steroid dienone is 1. The van der Waals surface area contributed by atoms with Crippen molar-refractivity contribution in [3.8, 4) is 6.07 Å².